The van der Waals surface area contributed by atoms with E-state index < -0.39 is 0 Å². The van der Waals surface area contributed by atoms with Gasteiger partial charge in [0.2, 0.25) is 0 Å². The van der Waals surface area contributed by atoms with E-state index >= 15 is 0 Å². The van der Waals surface area contributed by atoms with Gasteiger partial charge in [-0.25, -0.2) is 4.98 Å². The van der Waals surface area contributed by atoms with Gasteiger partial charge in [-0.3, -0.25) is 14.3 Å². The van der Waals surface area contributed by atoms with Crippen LogP contribution in [0.4, 0.5) is 5.69 Å². The molecule has 0 unspecified atom stereocenters. The minimum Gasteiger partial charge on any atom is -0.321 e. The second-order valence-corrected chi connectivity index (χ2v) is 8.27. The Morgan fingerprint density at radius 1 is 0.912 bits per heavy atom. The number of hydrogen-bond donors (Lipinski definition) is 1. The third-order valence-electron chi connectivity index (χ3n) is 5.83. The summed E-state index contributed by atoms with van der Waals surface area (Å²) in [4.78, 5) is 21.7. The van der Waals surface area contributed by atoms with Gasteiger partial charge in [0.25, 0.3) is 5.91 Å². The van der Waals surface area contributed by atoms with Crippen LogP contribution in [0.1, 0.15) is 34.9 Å². The van der Waals surface area contributed by atoms with Crippen molar-refractivity contribution in [1.82, 2.24) is 29.3 Å². The molecule has 3 aromatic heterocycles. The van der Waals surface area contributed by atoms with Crippen LogP contribution in [0.25, 0.3) is 22.8 Å². The summed E-state index contributed by atoms with van der Waals surface area (Å²) in [7, 11) is 0. The molecule has 0 bridgehead atoms. The molecule has 0 saturated heterocycles. The average Bonchev–Trinajstić information content (AvgIpc) is 3.40. The molecule has 2 aromatic carbocycles. The van der Waals surface area contributed by atoms with Crippen molar-refractivity contribution in [1.29, 1.82) is 0 Å². The number of hydrogen-bond acceptors (Lipinski definition) is 5. The van der Waals surface area contributed by atoms with Crippen molar-refractivity contribution in [3.63, 3.8) is 0 Å². The molecule has 34 heavy (non-hydrogen) atoms. The maximum absolute atomic E-state index is 13.0. The lowest BCUT2D eigenvalue weighted by Crippen LogP contribution is -2.14. The van der Waals surface area contributed by atoms with Crippen LogP contribution in [0.15, 0.2) is 91.8 Å². The van der Waals surface area contributed by atoms with E-state index in [0.29, 0.717) is 23.1 Å². The average molecular weight is 448 g/mol. The highest BCUT2D eigenvalue weighted by Crippen LogP contribution is 2.39. The van der Waals surface area contributed by atoms with E-state index in [1.165, 1.54) is 12.8 Å². The van der Waals surface area contributed by atoms with Gasteiger partial charge in [-0.15, -0.1) is 10.2 Å². The molecule has 1 amide bonds. The number of nitrogens with one attached hydrogen (secondary N) is 1. The van der Waals surface area contributed by atoms with Crippen molar-refractivity contribution >= 4 is 11.6 Å². The number of imidazole rings is 1. The topological polar surface area (TPSA) is 90.5 Å². The van der Waals surface area contributed by atoms with Crippen molar-refractivity contribution < 1.29 is 4.79 Å². The van der Waals surface area contributed by atoms with Crippen molar-refractivity contribution in [2.45, 2.75) is 18.8 Å². The lowest BCUT2D eigenvalue weighted by atomic mass is 10.1. The number of para-hydroxylation sites is 1. The molecule has 0 radical (unpaired) electrons. The predicted octanol–water partition coefficient (Wildman–Crippen LogP) is 4.64. The number of pyridine rings is 1. The molecule has 5 aromatic rings. The quantitative estimate of drug-likeness (QED) is 0.409. The number of amides is 1. The number of carbonyl (C=O) groups excluding carboxylic acids is 1. The van der Waals surface area contributed by atoms with Gasteiger partial charge in [-0.2, -0.15) is 0 Å². The van der Waals surface area contributed by atoms with Gasteiger partial charge < -0.3 is 9.88 Å². The highest BCUT2D eigenvalue weighted by Gasteiger charge is 2.25. The van der Waals surface area contributed by atoms with Gasteiger partial charge in [0.1, 0.15) is 12.0 Å². The Bertz CT molecular complexity index is 1470. The van der Waals surface area contributed by atoms with Gasteiger partial charge in [0.15, 0.2) is 5.82 Å². The van der Waals surface area contributed by atoms with Gasteiger partial charge in [0, 0.05) is 35.2 Å². The monoisotopic (exact) mass is 447 g/mol. The number of aromatic nitrogens is 6. The molecule has 1 aliphatic rings. The summed E-state index contributed by atoms with van der Waals surface area (Å²) in [6, 6.07) is 21.0. The highest BCUT2D eigenvalue weighted by atomic mass is 16.1. The first-order valence-corrected chi connectivity index (χ1v) is 11.1. The molecule has 8 heteroatoms. The van der Waals surface area contributed by atoms with Crippen molar-refractivity contribution in [3.05, 3.63) is 103 Å². The Morgan fingerprint density at radius 3 is 2.65 bits per heavy atom. The van der Waals surface area contributed by atoms with Crippen LogP contribution < -0.4 is 5.32 Å². The zero-order chi connectivity index (χ0) is 22.9. The number of rotatable bonds is 6. The standard InChI is InChI=1S/C26H21N7O/c34-26(23-14-22(11-12-27-23)32-15-24(28-16-32)18-9-10-18)30-20-6-4-5-19(13-20)25-31-29-17-33(25)21-7-2-1-3-8-21/h1-8,11-18H,9-10H2,(H,30,34). The molecule has 1 aliphatic carbocycles. The fraction of sp³-hybridized carbons (Fsp3) is 0.115. The zero-order valence-corrected chi connectivity index (χ0v) is 18.2. The smallest absolute Gasteiger partial charge is 0.274 e. The normalized spacial score (nSPS) is 13.1. The molecule has 0 atom stereocenters. The van der Waals surface area contributed by atoms with E-state index in [-0.39, 0.29) is 5.91 Å². The Balaban J connectivity index is 1.23. The summed E-state index contributed by atoms with van der Waals surface area (Å²) in [5.74, 6) is 0.978. The molecule has 0 aliphatic heterocycles. The predicted molar refractivity (Wildman–Crippen MR) is 128 cm³/mol. The molecule has 8 nitrogen and oxygen atoms in total. The summed E-state index contributed by atoms with van der Waals surface area (Å²) in [6.45, 7) is 0. The summed E-state index contributed by atoms with van der Waals surface area (Å²) in [5, 5.41) is 11.3. The molecule has 3 heterocycles. The first-order chi connectivity index (χ1) is 16.7. The van der Waals surface area contributed by atoms with E-state index in [0.717, 1.165) is 22.6 Å². The minimum atomic E-state index is -0.286. The van der Waals surface area contributed by atoms with Crippen LogP contribution in [0.2, 0.25) is 0 Å². The number of benzene rings is 2. The third-order valence-corrected chi connectivity index (χ3v) is 5.83. The van der Waals surface area contributed by atoms with Crippen LogP contribution in [-0.4, -0.2) is 35.2 Å². The number of carbonyl (C=O) groups is 1. The third kappa shape index (κ3) is 3.97. The van der Waals surface area contributed by atoms with Gasteiger partial charge in [0.05, 0.1) is 17.7 Å². The Labute approximate surface area is 196 Å². The fourth-order valence-electron chi connectivity index (χ4n) is 3.91. The zero-order valence-electron chi connectivity index (χ0n) is 18.2. The van der Waals surface area contributed by atoms with E-state index in [1.54, 1.807) is 24.9 Å². The van der Waals surface area contributed by atoms with Crippen molar-refractivity contribution in [2.75, 3.05) is 5.32 Å². The van der Waals surface area contributed by atoms with Gasteiger partial charge in [-0.05, 0) is 49.2 Å². The molecule has 6 rings (SSSR count). The summed E-state index contributed by atoms with van der Waals surface area (Å²) in [5.41, 5.74) is 4.73. The Hall–Kier alpha value is -4.59. The van der Waals surface area contributed by atoms with Crippen molar-refractivity contribution in [2.24, 2.45) is 0 Å². The molecule has 166 valence electrons. The van der Waals surface area contributed by atoms with Crippen LogP contribution in [0, 0.1) is 0 Å². The van der Waals surface area contributed by atoms with E-state index in [1.807, 2.05) is 76.0 Å². The fourth-order valence-corrected chi connectivity index (χ4v) is 3.91. The molecule has 1 saturated carbocycles. The molecule has 0 spiro atoms. The first-order valence-electron chi connectivity index (χ1n) is 11.1. The molecule has 1 fully saturated rings. The Morgan fingerprint density at radius 2 is 1.79 bits per heavy atom. The first kappa shape index (κ1) is 20.0. The van der Waals surface area contributed by atoms with Gasteiger partial charge >= 0.3 is 0 Å². The second-order valence-electron chi connectivity index (χ2n) is 8.27. The maximum Gasteiger partial charge on any atom is 0.274 e. The van der Waals surface area contributed by atoms with Crippen molar-refractivity contribution in [3.8, 4) is 22.8 Å². The lowest BCUT2D eigenvalue weighted by Gasteiger charge is -2.10. The van der Waals surface area contributed by atoms with Crippen LogP contribution >= 0.6 is 0 Å². The van der Waals surface area contributed by atoms with E-state index in [9.17, 15) is 4.79 Å². The number of nitrogens with zero attached hydrogens (tertiary/aromatic N) is 6. The summed E-state index contributed by atoms with van der Waals surface area (Å²) >= 11 is 0. The van der Waals surface area contributed by atoms with Crippen LogP contribution in [-0.2, 0) is 0 Å². The minimum absolute atomic E-state index is 0.286. The SMILES string of the molecule is O=C(Nc1cccc(-c2nncn2-c2ccccc2)c1)c1cc(-n2cnc(C3CC3)c2)ccn1. The molecular formula is C26H21N7O. The van der Waals surface area contributed by atoms with Gasteiger partial charge in [-0.1, -0.05) is 30.3 Å². The largest absolute Gasteiger partial charge is 0.321 e. The van der Waals surface area contributed by atoms with Crippen LogP contribution in [0.3, 0.4) is 0 Å². The second kappa shape index (κ2) is 8.40. The summed E-state index contributed by atoms with van der Waals surface area (Å²) < 4.78 is 3.84. The summed E-state index contributed by atoms with van der Waals surface area (Å²) in [6.07, 6.45) is 9.53. The lowest BCUT2D eigenvalue weighted by molar-refractivity contribution is 0.102. The molecule has 1 N–H and O–H groups in total. The molecular weight excluding hydrogens is 426 g/mol. The van der Waals surface area contributed by atoms with E-state index in [2.05, 4.69) is 25.5 Å². The number of anilines is 1. The Kier molecular flexibility index (Phi) is 4.95. The maximum atomic E-state index is 13.0. The van der Waals surface area contributed by atoms with Crippen LogP contribution in [0.5, 0.6) is 0 Å². The highest BCUT2D eigenvalue weighted by molar-refractivity contribution is 6.03. The van der Waals surface area contributed by atoms with E-state index in [4.69, 9.17) is 0 Å².